The van der Waals surface area contributed by atoms with E-state index in [-0.39, 0.29) is 17.3 Å². The van der Waals surface area contributed by atoms with E-state index in [0.29, 0.717) is 0 Å². The number of aliphatic carboxylic acids is 1. The first kappa shape index (κ1) is 13.5. The molecule has 0 rings (SSSR count). The zero-order chi connectivity index (χ0) is 11.4. The number of rotatable bonds is 5. The summed E-state index contributed by atoms with van der Waals surface area (Å²) in [6.45, 7) is 10.3. The number of carboxylic acid groups (broad SMARTS) is 1. The average Bonchev–Trinajstić information content (AvgIpc) is 2.02. The fourth-order valence-electron chi connectivity index (χ4n) is 1.60. The second-order valence-corrected chi connectivity index (χ2v) is 5.22. The third-order valence-electron chi connectivity index (χ3n) is 3.14. The maximum Gasteiger partial charge on any atom is 0.0448 e. The van der Waals surface area contributed by atoms with Gasteiger partial charge in [0.2, 0.25) is 0 Å². The van der Waals surface area contributed by atoms with Crippen LogP contribution in [-0.4, -0.2) is 5.97 Å². The van der Waals surface area contributed by atoms with Gasteiger partial charge in [-0.25, -0.2) is 0 Å². The summed E-state index contributed by atoms with van der Waals surface area (Å²) < 4.78 is 0. The van der Waals surface area contributed by atoms with E-state index in [9.17, 15) is 9.90 Å². The van der Waals surface area contributed by atoms with E-state index >= 15 is 0 Å². The molecular formula is C12H23O2-. The first-order valence-electron chi connectivity index (χ1n) is 5.51. The van der Waals surface area contributed by atoms with Crippen LogP contribution in [0, 0.1) is 17.3 Å². The Morgan fingerprint density at radius 1 is 1.36 bits per heavy atom. The maximum atomic E-state index is 11.0. The Balaban J connectivity index is 4.41. The first-order chi connectivity index (χ1) is 6.30. The van der Waals surface area contributed by atoms with E-state index in [2.05, 4.69) is 27.7 Å². The molecule has 2 nitrogen and oxygen atoms in total. The van der Waals surface area contributed by atoms with Crippen LogP contribution in [0.25, 0.3) is 0 Å². The minimum Gasteiger partial charge on any atom is -0.550 e. The van der Waals surface area contributed by atoms with Crippen molar-refractivity contribution in [3.63, 3.8) is 0 Å². The van der Waals surface area contributed by atoms with Gasteiger partial charge in [0.1, 0.15) is 0 Å². The van der Waals surface area contributed by atoms with E-state index in [4.69, 9.17) is 0 Å². The quantitative estimate of drug-likeness (QED) is 0.681. The van der Waals surface area contributed by atoms with E-state index in [1.165, 1.54) is 0 Å². The van der Waals surface area contributed by atoms with Gasteiger partial charge < -0.3 is 9.90 Å². The third-order valence-corrected chi connectivity index (χ3v) is 3.14. The van der Waals surface area contributed by atoms with Crippen molar-refractivity contribution in [1.82, 2.24) is 0 Å². The Hall–Kier alpha value is -0.530. The molecule has 2 unspecified atom stereocenters. The molecule has 0 saturated heterocycles. The predicted octanol–water partition coefficient (Wildman–Crippen LogP) is 2.22. The van der Waals surface area contributed by atoms with E-state index in [0.717, 1.165) is 19.3 Å². The highest BCUT2D eigenvalue weighted by atomic mass is 16.4. The molecular weight excluding hydrogens is 176 g/mol. The van der Waals surface area contributed by atoms with Crippen molar-refractivity contribution in [3.05, 3.63) is 0 Å². The highest BCUT2D eigenvalue weighted by Crippen LogP contribution is 2.33. The van der Waals surface area contributed by atoms with Gasteiger partial charge in [0.25, 0.3) is 0 Å². The smallest absolute Gasteiger partial charge is 0.0448 e. The van der Waals surface area contributed by atoms with Crippen molar-refractivity contribution in [2.75, 3.05) is 0 Å². The molecule has 0 spiro atoms. The summed E-state index contributed by atoms with van der Waals surface area (Å²) in [6, 6.07) is 0. The van der Waals surface area contributed by atoms with Crippen LogP contribution in [0.4, 0.5) is 0 Å². The fraction of sp³-hybridized carbons (Fsp3) is 0.917. The average molecular weight is 199 g/mol. The van der Waals surface area contributed by atoms with Crippen molar-refractivity contribution in [3.8, 4) is 0 Å². The lowest BCUT2D eigenvalue weighted by atomic mass is 9.73. The van der Waals surface area contributed by atoms with Gasteiger partial charge in [0.15, 0.2) is 0 Å². The predicted molar refractivity (Wildman–Crippen MR) is 56.6 cm³/mol. The van der Waals surface area contributed by atoms with Crippen LogP contribution in [0.15, 0.2) is 0 Å². The second kappa shape index (κ2) is 5.38. The van der Waals surface area contributed by atoms with E-state index in [1.807, 2.05) is 6.92 Å². The SMILES string of the molecule is CCCCC(C(=O)[O-])C(C)C(C)(C)C. The summed E-state index contributed by atoms with van der Waals surface area (Å²) in [6.07, 6.45) is 2.76. The Morgan fingerprint density at radius 2 is 1.86 bits per heavy atom. The number of carbonyl (C=O) groups is 1. The summed E-state index contributed by atoms with van der Waals surface area (Å²) in [5, 5.41) is 11.0. The normalized spacial score (nSPS) is 16.4. The van der Waals surface area contributed by atoms with Crippen LogP contribution in [-0.2, 0) is 4.79 Å². The third kappa shape index (κ3) is 4.12. The summed E-state index contributed by atoms with van der Waals surface area (Å²) in [4.78, 5) is 11.0. The van der Waals surface area contributed by atoms with Crippen LogP contribution >= 0.6 is 0 Å². The molecule has 0 heterocycles. The molecule has 0 aliphatic rings. The van der Waals surface area contributed by atoms with Gasteiger partial charge in [-0.2, -0.15) is 0 Å². The number of hydrogen-bond donors (Lipinski definition) is 0. The molecule has 0 N–H and O–H groups in total. The van der Waals surface area contributed by atoms with Gasteiger partial charge in [0, 0.05) is 11.9 Å². The summed E-state index contributed by atoms with van der Waals surface area (Å²) in [5.74, 6) is -1.02. The molecule has 0 aromatic carbocycles. The molecule has 0 aromatic rings. The number of unbranched alkanes of at least 4 members (excludes halogenated alkanes) is 1. The lowest BCUT2D eigenvalue weighted by Gasteiger charge is -2.35. The topological polar surface area (TPSA) is 40.1 Å². The number of carboxylic acids is 1. The van der Waals surface area contributed by atoms with E-state index < -0.39 is 5.97 Å². The minimum absolute atomic E-state index is 0.0402. The highest BCUT2D eigenvalue weighted by Gasteiger charge is 2.28. The zero-order valence-electron chi connectivity index (χ0n) is 10.1. The van der Waals surface area contributed by atoms with Crippen LogP contribution < -0.4 is 5.11 Å². The summed E-state index contributed by atoms with van der Waals surface area (Å²) >= 11 is 0. The molecule has 0 aliphatic carbocycles. The van der Waals surface area contributed by atoms with Crippen LogP contribution in [0.3, 0.4) is 0 Å². The van der Waals surface area contributed by atoms with Crippen LogP contribution in [0.2, 0.25) is 0 Å². The number of carbonyl (C=O) groups excluding carboxylic acids is 1. The van der Waals surface area contributed by atoms with Gasteiger partial charge >= 0.3 is 0 Å². The van der Waals surface area contributed by atoms with Gasteiger partial charge in [-0.15, -0.1) is 0 Å². The zero-order valence-corrected chi connectivity index (χ0v) is 10.1. The Bertz CT molecular complexity index is 179. The molecule has 0 aromatic heterocycles. The van der Waals surface area contributed by atoms with Gasteiger partial charge in [-0.05, 0) is 17.8 Å². The Labute approximate surface area is 87.7 Å². The van der Waals surface area contributed by atoms with E-state index in [1.54, 1.807) is 0 Å². The monoisotopic (exact) mass is 199 g/mol. The fourth-order valence-corrected chi connectivity index (χ4v) is 1.60. The molecule has 0 aliphatic heterocycles. The van der Waals surface area contributed by atoms with Crippen molar-refractivity contribution in [2.24, 2.45) is 17.3 Å². The molecule has 0 amide bonds. The lowest BCUT2D eigenvalue weighted by Crippen LogP contribution is -2.39. The Morgan fingerprint density at radius 3 is 2.14 bits per heavy atom. The lowest BCUT2D eigenvalue weighted by molar-refractivity contribution is -0.314. The van der Waals surface area contributed by atoms with Crippen LogP contribution in [0.1, 0.15) is 53.9 Å². The molecule has 2 heteroatoms. The maximum absolute atomic E-state index is 11.0. The minimum atomic E-state index is -0.888. The first-order valence-corrected chi connectivity index (χ1v) is 5.51. The highest BCUT2D eigenvalue weighted by molar-refractivity contribution is 5.68. The molecule has 0 bridgehead atoms. The van der Waals surface area contributed by atoms with Crippen molar-refractivity contribution in [2.45, 2.75) is 53.9 Å². The molecule has 14 heavy (non-hydrogen) atoms. The second-order valence-electron chi connectivity index (χ2n) is 5.22. The van der Waals surface area contributed by atoms with Crippen LogP contribution in [0.5, 0.6) is 0 Å². The van der Waals surface area contributed by atoms with Crippen molar-refractivity contribution >= 4 is 5.97 Å². The standard InChI is InChI=1S/C12H24O2/c1-6-7-8-10(11(13)14)9(2)12(3,4)5/h9-10H,6-8H2,1-5H3,(H,13,14)/p-1. The molecule has 84 valence electrons. The van der Waals surface area contributed by atoms with Gasteiger partial charge in [-0.1, -0.05) is 47.5 Å². The van der Waals surface area contributed by atoms with Gasteiger partial charge in [0.05, 0.1) is 0 Å². The molecule has 0 radical (unpaired) electrons. The molecule has 0 saturated carbocycles. The van der Waals surface area contributed by atoms with Crippen molar-refractivity contribution < 1.29 is 9.90 Å². The van der Waals surface area contributed by atoms with Crippen molar-refractivity contribution in [1.29, 1.82) is 0 Å². The Kier molecular flexibility index (Phi) is 5.17. The molecule has 0 fully saturated rings. The summed E-state index contributed by atoms with van der Waals surface area (Å²) in [5.41, 5.74) is 0.0402. The van der Waals surface area contributed by atoms with Gasteiger partial charge in [-0.3, -0.25) is 0 Å². The number of hydrogen-bond acceptors (Lipinski definition) is 2. The largest absolute Gasteiger partial charge is 0.550 e. The summed E-state index contributed by atoms with van der Waals surface area (Å²) in [7, 11) is 0. The molecule has 2 atom stereocenters.